The first-order valence-electron chi connectivity index (χ1n) is 7.58. The Morgan fingerprint density at radius 2 is 1.85 bits per heavy atom. The predicted molar refractivity (Wildman–Crippen MR) is 98.3 cm³/mol. The minimum Gasteiger partial charge on any atom is -0.494 e. The van der Waals surface area contributed by atoms with Gasteiger partial charge < -0.3 is 5.11 Å². The fourth-order valence-corrected chi connectivity index (χ4v) is 3.09. The van der Waals surface area contributed by atoms with E-state index >= 15 is 0 Å². The third-order valence-corrected chi connectivity index (χ3v) is 4.45. The van der Waals surface area contributed by atoms with Crippen LogP contribution in [0.25, 0.3) is 16.5 Å². The maximum Gasteiger partial charge on any atom is 0.265 e. The number of rotatable bonds is 3. The van der Waals surface area contributed by atoms with Gasteiger partial charge in [-0.25, -0.2) is 13.9 Å². The van der Waals surface area contributed by atoms with Crippen LogP contribution in [0.3, 0.4) is 0 Å². The first kappa shape index (κ1) is 16.1. The predicted octanol–water partition coefficient (Wildman–Crippen LogP) is 3.44. The number of aromatic nitrogens is 3. The molecule has 8 heteroatoms. The number of halogens is 1. The van der Waals surface area contributed by atoms with Crippen LogP contribution in [0.1, 0.15) is 5.56 Å². The Kier molecular flexibility index (Phi) is 4.02. The lowest BCUT2D eigenvalue weighted by Gasteiger charge is -2.14. The van der Waals surface area contributed by atoms with Gasteiger partial charge in [-0.1, -0.05) is 41.7 Å². The van der Waals surface area contributed by atoms with Gasteiger partial charge in [-0.15, -0.1) is 10.2 Å². The van der Waals surface area contributed by atoms with E-state index in [0.717, 1.165) is 4.57 Å². The first-order chi connectivity index (χ1) is 12.7. The zero-order valence-electron chi connectivity index (χ0n) is 13.2. The number of nitrogens with zero attached hydrogens (tertiary/aromatic N) is 4. The fraction of sp³-hybridized carbons (Fsp3) is 0. The minimum absolute atomic E-state index is 0.0358. The van der Waals surface area contributed by atoms with Crippen LogP contribution in [0.5, 0.6) is 5.88 Å². The standard InChI is InChI=1S/C18H11FN4O2S/c19-14-7-3-4-8-15(14)23-16(24)12-6-2-1-5-11(12)13(17(23)25)9-20-18-22-21-10-26-18/h1-10,25H. The summed E-state index contributed by atoms with van der Waals surface area (Å²) < 4.78 is 15.2. The molecule has 0 bridgehead atoms. The second kappa shape index (κ2) is 6.49. The molecular formula is C18H11FN4O2S. The van der Waals surface area contributed by atoms with Crippen molar-refractivity contribution in [3.63, 3.8) is 0 Å². The van der Waals surface area contributed by atoms with Crippen molar-refractivity contribution in [2.24, 2.45) is 4.99 Å². The molecule has 128 valence electrons. The zero-order valence-corrected chi connectivity index (χ0v) is 14.0. The van der Waals surface area contributed by atoms with Crippen molar-refractivity contribution in [1.29, 1.82) is 0 Å². The van der Waals surface area contributed by atoms with Gasteiger partial charge >= 0.3 is 0 Å². The van der Waals surface area contributed by atoms with Gasteiger partial charge in [0.2, 0.25) is 11.0 Å². The Labute approximate surface area is 150 Å². The lowest BCUT2D eigenvalue weighted by Crippen LogP contribution is -2.21. The van der Waals surface area contributed by atoms with Gasteiger partial charge in [0.1, 0.15) is 11.3 Å². The van der Waals surface area contributed by atoms with E-state index in [9.17, 15) is 14.3 Å². The molecule has 0 fully saturated rings. The monoisotopic (exact) mass is 366 g/mol. The number of hydrogen-bond acceptors (Lipinski definition) is 6. The van der Waals surface area contributed by atoms with Gasteiger partial charge in [0.15, 0.2) is 0 Å². The van der Waals surface area contributed by atoms with Crippen LogP contribution >= 0.6 is 11.3 Å². The van der Waals surface area contributed by atoms with Crippen molar-refractivity contribution < 1.29 is 9.50 Å². The summed E-state index contributed by atoms with van der Waals surface area (Å²) in [5.74, 6) is -1.01. The van der Waals surface area contributed by atoms with Crippen molar-refractivity contribution in [1.82, 2.24) is 14.8 Å². The van der Waals surface area contributed by atoms with Gasteiger partial charge in [0, 0.05) is 17.0 Å². The number of benzene rings is 2. The minimum atomic E-state index is -0.618. The lowest BCUT2D eigenvalue weighted by molar-refractivity contribution is 0.433. The number of para-hydroxylation sites is 1. The van der Waals surface area contributed by atoms with Crippen molar-refractivity contribution in [3.05, 3.63) is 75.8 Å². The third-order valence-electron chi connectivity index (χ3n) is 3.85. The van der Waals surface area contributed by atoms with E-state index < -0.39 is 17.3 Å². The highest BCUT2D eigenvalue weighted by molar-refractivity contribution is 7.13. The molecule has 0 radical (unpaired) electrons. The molecule has 0 spiro atoms. The summed E-state index contributed by atoms with van der Waals surface area (Å²) in [6.45, 7) is 0. The smallest absolute Gasteiger partial charge is 0.265 e. The van der Waals surface area contributed by atoms with Gasteiger partial charge in [-0.3, -0.25) is 4.79 Å². The van der Waals surface area contributed by atoms with Crippen LogP contribution in [0, 0.1) is 5.82 Å². The van der Waals surface area contributed by atoms with Crippen molar-refractivity contribution >= 4 is 33.5 Å². The Hall–Kier alpha value is -3.39. The molecule has 0 atom stereocenters. The summed E-state index contributed by atoms with van der Waals surface area (Å²) in [7, 11) is 0. The highest BCUT2D eigenvalue weighted by Crippen LogP contribution is 2.27. The molecule has 2 aromatic heterocycles. The Bertz CT molecular complexity index is 1190. The molecule has 2 aromatic carbocycles. The van der Waals surface area contributed by atoms with Crippen LogP contribution in [-0.4, -0.2) is 26.1 Å². The van der Waals surface area contributed by atoms with Crippen LogP contribution in [0.4, 0.5) is 9.52 Å². The molecule has 0 aliphatic carbocycles. The summed E-state index contributed by atoms with van der Waals surface area (Å²) in [5.41, 5.74) is 1.27. The molecule has 6 nitrogen and oxygen atoms in total. The van der Waals surface area contributed by atoms with E-state index in [-0.39, 0.29) is 5.69 Å². The van der Waals surface area contributed by atoms with E-state index in [1.807, 2.05) is 0 Å². The van der Waals surface area contributed by atoms with E-state index in [1.165, 1.54) is 41.3 Å². The molecule has 1 N–H and O–H groups in total. The van der Waals surface area contributed by atoms with E-state index in [4.69, 9.17) is 0 Å². The normalized spacial score (nSPS) is 11.4. The molecule has 0 amide bonds. The molecule has 0 aliphatic rings. The molecule has 26 heavy (non-hydrogen) atoms. The van der Waals surface area contributed by atoms with Crippen molar-refractivity contribution in [3.8, 4) is 11.6 Å². The molecule has 0 aliphatic heterocycles. The SMILES string of the molecule is O=c1c2ccccc2c(C=Nc2nncs2)c(O)n1-c1ccccc1F. The van der Waals surface area contributed by atoms with Gasteiger partial charge in [-0.05, 0) is 18.2 Å². The highest BCUT2D eigenvalue weighted by Gasteiger charge is 2.18. The third kappa shape index (κ3) is 2.66. The molecule has 4 aromatic rings. The molecule has 4 rings (SSSR count). The first-order valence-corrected chi connectivity index (χ1v) is 8.46. The Morgan fingerprint density at radius 1 is 1.12 bits per heavy atom. The van der Waals surface area contributed by atoms with Crippen LogP contribution < -0.4 is 5.56 Å². The van der Waals surface area contributed by atoms with E-state index in [2.05, 4.69) is 15.2 Å². The highest BCUT2D eigenvalue weighted by atomic mass is 32.1. The van der Waals surface area contributed by atoms with Crippen molar-refractivity contribution in [2.75, 3.05) is 0 Å². The number of aliphatic imine (C=N–C) groups is 1. The van der Waals surface area contributed by atoms with Gasteiger partial charge in [-0.2, -0.15) is 0 Å². The molecule has 0 unspecified atom stereocenters. The molecule has 2 heterocycles. The zero-order chi connectivity index (χ0) is 18.1. The Balaban J connectivity index is 2.05. The number of pyridine rings is 1. The van der Waals surface area contributed by atoms with Crippen LogP contribution in [0.15, 0.2) is 63.8 Å². The van der Waals surface area contributed by atoms with E-state index in [0.29, 0.717) is 21.5 Å². The lowest BCUT2D eigenvalue weighted by atomic mass is 10.1. The van der Waals surface area contributed by atoms with Crippen LogP contribution in [-0.2, 0) is 0 Å². The van der Waals surface area contributed by atoms with Gasteiger partial charge in [0.25, 0.3) is 5.56 Å². The second-order valence-electron chi connectivity index (χ2n) is 5.35. The summed E-state index contributed by atoms with van der Waals surface area (Å²) in [6.07, 6.45) is 1.40. The average molecular weight is 366 g/mol. The number of hydrogen-bond donors (Lipinski definition) is 1. The fourth-order valence-electron chi connectivity index (χ4n) is 2.69. The van der Waals surface area contributed by atoms with Crippen molar-refractivity contribution in [2.45, 2.75) is 0 Å². The molecular weight excluding hydrogens is 355 g/mol. The summed E-state index contributed by atoms with van der Waals surface area (Å²) in [4.78, 5) is 17.0. The maximum absolute atomic E-state index is 14.3. The number of aromatic hydroxyl groups is 1. The summed E-state index contributed by atoms with van der Waals surface area (Å²) in [6, 6.07) is 12.5. The topological polar surface area (TPSA) is 80.4 Å². The number of fused-ring (bicyclic) bond motifs is 1. The molecule has 0 saturated carbocycles. The Morgan fingerprint density at radius 3 is 2.58 bits per heavy atom. The molecule has 0 saturated heterocycles. The largest absolute Gasteiger partial charge is 0.494 e. The maximum atomic E-state index is 14.3. The quantitative estimate of drug-likeness (QED) is 0.563. The average Bonchev–Trinajstić information content (AvgIpc) is 3.17. The second-order valence-corrected chi connectivity index (χ2v) is 6.17. The summed E-state index contributed by atoms with van der Waals surface area (Å²) >= 11 is 1.23. The van der Waals surface area contributed by atoms with Crippen LogP contribution in [0.2, 0.25) is 0 Å². The summed E-state index contributed by atoms with van der Waals surface area (Å²) in [5, 5.41) is 19.5. The van der Waals surface area contributed by atoms with Gasteiger partial charge in [0.05, 0.1) is 11.3 Å². The van der Waals surface area contributed by atoms with E-state index in [1.54, 1.807) is 30.3 Å².